The van der Waals surface area contributed by atoms with Gasteiger partial charge in [-0.2, -0.15) is 0 Å². The Hall–Kier alpha value is -3.03. The number of carbonyl (C=O) groups excluding carboxylic acids is 2. The predicted octanol–water partition coefficient (Wildman–Crippen LogP) is 2.14. The number of ether oxygens (including phenoxy) is 2. The second kappa shape index (κ2) is 6.46. The molecule has 0 radical (unpaired) electrons. The van der Waals surface area contributed by atoms with E-state index in [-0.39, 0.29) is 24.5 Å². The molecule has 2 aliphatic heterocycles. The van der Waals surface area contributed by atoms with Crippen molar-refractivity contribution < 1.29 is 24.0 Å². The molecule has 0 aromatic heterocycles. The number of nitro groups is 1. The quantitative estimate of drug-likeness (QED) is 0.470. The van der Waals surface area contributed by atoms with Crippen molar-refractivity contribution in [2.75, 3.05) is 13.2 Å². The summed E-state index contributed by atoms with van der Waals surface area (Å²) >= 11 is 0. The van der Waals surface area contributed by atoms with E-state index in [2.05, 4.69) is 4.99 Å². The van der Waals surface area contributed by atoms with Crippen molar-refractivity contribution in [3.05, 3.63) is 51.2 Å². The second-order valence-corrected chi connectivity index (χ2v) is 5.75. The van der Waals surface area contributed by atoms with Crippen molar-refractivity contribution in [1.29, 1.82) is 0 Å². The predicted molar refractivity (Wildman–Crippen MR) is 87.1 cm³/mol. The maximum absolute atomic E-state index is 12.5. The van der Waals surface area contributed by atoms with Gasteiger partial charge in [0, 0.05) is 23.8 Å². The fourth-order valence-electron chi connectivity index (χ4n) is 3.23. The Morgan fingerprint density at radius 3 is 2.92 bits per heavy atom. The van der Waals surface area contributed by atoms with Crippen molar-refractivity contribution in [3.63, 3.8) is 0 Å². The number of hydrogen-bond acceptors (Lipinski definition) is 7. The number of aliphatic imine (C=N–C) groups is 1. The Morgan fingerprint density at radius 2 is 2.24 bits per heavy atom. The van der Waals surface area contributed by atoms with Crippen LogP contribution in [0.4, 0.5) is 5.69 Å². The molecular weight excluding hydrogens is 328 g/mol. The van der Waals surface area contributed by atoms with Crippen LogP contribution in [0.2, 0.25) is 0 Å². The van der Waals surface area contributed by atoms with Crippen molar-refractivity contribution in [2.24, 2.45) is 10.9 Å². The smallest absolute Gasteiger partial charge is 0.337 e. The highest BCUT2D eigenvalue weighted by Crippen LogP contribution is 2.42. The van der Waals surface area contributed by atoms with Crippen LogP contribution in [0.1, 0.15) is 25.3 Å². The Balaban J connectivity index is 2.15. The van der Waals surface area contributed by atoms with Gasteiger partial charge in [0.2, 0.25) is 0 Å². The van der Waals surface area contributed by atoms with Crippen molar-refractivity contribution in [2.45, 2.75) is 19.8 Å². The summed E-state index contributed by atoms with van der Waals surface area (Å²) in [6, 6.07) is 5.90. The maximum atomic E-state index is 12.5. The molecule has 8 nitrogen and oxygen atoms in total. The third-order valence-corrected chi connectivity index (χ3v) is 4.26. The highest BCUT2D eigenvalue weighted by molar-refractivity contribution is 6.07. The van der Waals surface area contributed by atoms with Gasteiger partial charge in [-0.05, 0) is 19.4 Å². The molecule has 1 aromatic carbocycles. The molecule has 0 fully saturated rings. The molecule has 0 saturated carbocycles. The number of cyclic esters (lactones) is 1. The SMILES string of the molecule is CCOC(=O)C1C(C)=NC2=C(C(=O)OC2)[C@H]1c1cccc([N+](=O)[O-])c1. The van der Waals surface area contributed by atoms with Crippen LogP contribution in [0.15, 0.2) is 40.5 Å². The zero-order valence-corrected chi connectivity index (χ0v) is 13.7. The Bertz CT molecular complexity index is 826. The molecule has 2 heterocycles. The van der Waals surface area contributed by atoms with E-state index in [1.54, 1.807) is 19.9 Å². The lowest BCUT2D eigenvalue weighted by molar-refractivity contribution is -0.384. The van der Waals surface area contributed by atoms with E-state index in [4.69, 9.17) is 9.47 Å². The molecule has 2 atom stereocenters. The first-order valence-electron chi connectivity index (χ1n) is 7.80. The van der Waals surface area contributed by atoms with Crippen LogP contribution < -0.4 is 0 Å². The van der Waals surface area contributed by atoms with E-state index >= 15 is 0 Å². The van der Waals surface area contributed by atoms with Gasteiger partial charge in [-0.3, -0.25) is 19.9 Å². The van der Waals surface area contributed by atoms with E-state index in [0.29, 0.717) is 17.0 Å². The van der Waals surface area contributed by atoms with E-state index in [9.17, 15) is 19.7 Å². The van der Waals surface area contributed by atoms with E-state index in [1.165, 1.54) is 18.2 Å². The maximum Gasteiger partial charge on any atom is 0.337 e. The summed E-state index contributed by atoms with van der Waals surface area (Å²) in [5, 5.41) is 11.1. The second-order valence-electron chi connectivity index (χ2n) is 5.75. The first-order valence-corrected chi connectivity index (χ1v) is 7.80. The Kier molecular flexibility index (Phi) is 4.35. The fourth-order valence-corrected chi connectivity index (χ4v) is 3.23. The fraction of sp³-hybridized carbons (Fsp3) is 0.353. The zero-order valence-electron chi connectivity index (χ0n) is 13.7. The van der Waals surface area contributed by atoms with Crippen LogP contribution in [0, 0.1) is 16.0 Å². The number of non-ortho nitro benzene ring substituents is 1. The number of nitro benzene ring substituents is 1. The summed E-state index contributed by atoms with van der Waals surface area (Å²) in [4.78, 5) is 39.6. The summed E-state index contributed by atoms with van der Waals surface area (Å²) in [7, 11) is 0. The van der Waals surface area contributed by atoms with Crippen LogP contribution >= 0.6 is 0 Å². The normalized spacial score (nSPS) is 22.2. The lowest BCUT2D eigenvalue weighted by Crippen LogP contribution is -2.35. The standard InChI is InChI=1S/C17H16N2O6/c1-3-24-16(20)13-9(2)18-12-8-25-17(21)15(12)14(13)10-5-4-6-11(7-10)19(22)23/h4-7,13-14H,3,8H2,1-2H3/t13?,14-/m0/s1. The average Bonchev–Trinajstić information content (AvgIpc) is 2.94. The van der Waals surface area contributed by atoms with Gasteiger partial charge >= 0.3 is 11.9 Å². The van der Waals surface area contributed by atoms with Gasteiger partial charge in [0.15, 0.2) is 0 Å². The van der Waals surface area contributed by atoms with Gasteiger partial charge in [0.05, 0.1) is 22.8 Å². The number of carbonyl (C=O) groups is 2. The highest BCUT2D eigenvalue weighted by Gasteiger charge is 2.45. The first kappa shape index (κ1) is 16.8. The number of esters is 2. The third kappa shape index (κ3) is 2.90. The third-order valence-electron chi connectivity index (χ3n) is 4.26. The van der Waals surface area contributed by atoms with Crippen LogP contribution in [0.25, 0.3) is 0 Å². The minimum atomic E-state index is -0.827. The molecule has 25 heavy (non-hydrogen) atoms. The van der Waals surface area contributed by atoms with Gasteiger partial charge < -0.3 is 9.47 Å². The van der Waals surface area contributed by atoms with E-state index in [1.807, 2.05) is 0 Å². The van der Waals surface area contributed by atoms with Crippen molar-refractivity contribution in [3.8, 4) is 0 Å². The number of rotatable bonds is 4. The number of benzene rings is 1. The summed E-state index contributed by atoms with van der Waals surface area (Å²) in [5.41, 5.74) is 1.58. The monoisotopic (exact) mass is 344 g/mol. The van der Waals surface area contributed by atoms with Crippen LogP contribution in [-0.2, 0) is 19.1 Å². The molecule has 1 unspecified atom stereocenters. The minimum Gasteiger partial charge on any atom is -0.465 e. The molecule has 0 saturated heterocycles. The van der Waals surface area contributed by atoms with Gasteiger partial charge in [-0.25, -0.2) is 4.79 Å². The molecule has 2 aliphatic rings. The van der Waals surface area contributed by atoms with Gasteiger partial charge in [-0.15, -0.1) is 0 Å². The topological polar surface area (TPSA) is 108 Å². The zero-order chi connectivity index (χ0) is 18.1. The summed E-state index contributed by atoms with van der Waals surface area (Å²) in [6.45, 7) is 3.58. The largest absolute Gasteiger partial charge is 0.465 e. The molecule has 130 valence electrons. The van der Waals surface area contributed by atoms with Crippen LogP contribution in [-0.4, -0.2) is 35.8 Å². The van der Waals surface area contributed by atoms with Gasteiger partial charge in [-0.1, -0.05) is 12.1 Å². The van der Waals surface area contributed by atoms with E-state index in [0.717, 1.165) is 0 Å². The lowest BCUT2D eigenvalue weighted by Gasteiger charge is -2.29. The molecule has 0 bridgehead atoms. The molecule has 0 amide bonds. The Labute approximate surface area is 143 Å². The first-order chi connectivity index (χ1) is 11.9. The molecule has 8 heteroatoms. The molecule has 0 spiro atoms. The average molecular weight is 344 g/mol. The molecule has 0 aliphatic carbocycles. The van der Waals surface area contributed by atoms with Crippen molar-refractivity contribution >= 4 is 23.3 Å². The van der Waals surface area contributed by atoms with Gasteiger partial charge in [0.1, 0.15) is 12.5 Å². The van der Waals surface area contributed by atoms with Crippen molar-refractivity contribution in [1.82, 2.24) is 0 Å². The summed E-state index contributed by atoms with van der Waals surface area (Å²) in [6.07, 6.45) is 0. The molecule has 3 rings (SSSR count). The molecule has 1 aromatic rings. The van der Waals surface area contributed by atoms with Crippen LogP contribution in [0.3, 0.4) is 0 Å². The summed E-state index contributed by atoms with van der Waals surface area (Å²) < 4.78 is 10.2. The lowest BCUT2D eigenvalue weighted by atomic mass is 9.76. The van der Waals surface area contributed by atoms with E-state index < -0.39 is 28.7 Å². The number of hydrogen-bond donors (Lipinski definition) is 0. The number of nitrogens with zero attached hydrogens (tertiary/aromatic N) is 2. The Morgan fingerprint density at radius 1 is 1.48 bits per heavy atom. The highest BCUT2D eigenvalue weighted by atomic mass is 16.6. The van der Waals surface area contributed by atoms with Gasteiger partial charge in [0.25, 0.3) is 5.69 Å². The molecule has 0 N–H and O–H groups in total. The minimum absolute atomic E-state index is 0.0342. The van der Waals surface area contributed by atoms with Crippen LogP contribution in [0.5, 0.6) is 0 Å². The summed E-state index contributed by atoms with van der Waals surface area (Å²) in [5.74, 6) is -2.63. The molecular formula is C17H16N2O6.